The van der Waals surface area contributed by atoms with E-state index in [2.05, 4.69) is 52.3 Å². The molecule has 3 nitrogen and oxygen atoms in total. The van der Waals surface area contributed by atoms with E-state index in [0.717, 1.165) is 12.4 Å². The number of rotatable bonds is 4. The lowest BCUT2D eigenvalue weighted by Crippen LogP contribution is -2.23. The third kappa shape index (κ3) is 3.24. The molecule has 3 rings (SSSR count). The van der Waals surface area contributed by atoms with Crippen molar-refractivity contribution in [2.75, 3.05) is 25.5 Å². The van der Waals surface area contributed by atoms with Gasteiger partial charge in [-0.2, -0.15) is 0 Å². The number of aromatic nitrogens is 1. The summed E-state index contributed by atoms with van der Waals surface area (Å²) in [5.74, 6) is 1.02. The summed E-state index contributed by atoms with van der Waals surface area (Å²) < 4.78 is 0. The smallest absolute Gasteiger partial charge is 0.127 e. The maximum Gasteiger partial charge on any atom is 0.127 e. The van der Waals surface area contributed by atoms with E-state index in [9.17, 15) is 0 Å². The van der Waals surface area contributed by atoms with Crippen molar-refractivity contribution in [2.45, 2.75) is 25.4 Å². The van der Waals surface area contributed by atoms with Crippen LogP contribution < -0.4 is 4.90 Å². The van der Waals surface area contributed by atoms with Crippen LogP contribution in [-0.2, 0) is 6.54 Å². The Labute approximate surface area is 127 Å². The summed E-state index contributed by atoms with van der Waals surface area (Å²) in [6.07, 6.45) is 4.55. The fourth-order valence-electron chi connectivity index (χ4n) is 3.07. The Morgan fingerprint density at radius 2 is 1.95 bits per heavy atom. The molecule has 1 aliphatic rings. The standard InChI is InChI=1S/C18H23N3/c1-20(2)18-11-10-16(13-19-18)17-9-6-12-21(17)14-15-7-4-3-5-8-15/h3-5,7-8,10-11,13,17H,6,9,12,14H2,1-2H3/t17-/m1/s1. The van der Waals surface area contributed by atoms with Crippen LogP contribution in [0.2, 0.25) is 0 Å². The van der Waals surface area contributed by atoms with Gasteiger partial charge < -0.3 is 4.90 Å². The molecule has 0 N–H and O–H groups in total. The summed E-state index contributed by atoms with van der Waals surface area (Å²) in [5, 5.41) is 0. The van der Waals surface area contributed by atoms with E-state index in [-0.39, 0.29) is 0 Å². The normalized spacial score (nSPS) is 18.9. The molecule has 1 aromatic carbocycles. The van der Waals surface area contributed by atoms with E-state index in [1.807, 2.05) is 25.2 Å². The molecule has 21 heavy (non-hydrogen) atoms. The zero-order valence-corrected chi connectivity index (χ0v) is 12.9. The van der Waals surface area contributed by atoms with Crippen LogP contribution in [0.4, 0.5) is 5.82 Å². The molecule has 1 aromatic heterocycles. The minimum absolute atomic E-state index is 0.508. The summed E-state index contributed by atoms with van der Waals surface area (Å²) in [7, 11) is 4.05. The molecule has 0 amide bonds. The number of benzene rings is 1. The highest BCUT2D eigenvalue weighted by molar-refractivity contribution is 5.38. The first-order valence-corrected chi connectivity index (χ1v) is 7.65. The molecular weight excluding hydrogens is 258 g/mol. The fourth-order valence-corrected chi connectivity index (χ4v) is 3.07. The molecule has 3 heteroatoms. The maximum absolute atomic E-state index is 4.56. The molecule has 2 heterocycles. The quantitative estimate of drug-likeness (QED) is 0.855. The molecule has 0 aliphatic carbocycles. The minimum atomic E-state index is 0.508. The van der Waals surface area contributed by atoms with Gasteiger partial charge in [0, 0.05) is 32.9 Å². The van der Waals surface area contributed by atoms with Gasteiger partial charge in [0.15, 0.2) is 0 Å². The van der Waals surface area contributed by atoms with E-state index in [1.165, 1.54) is 30.5 Å². The molecule has 0 bridgehead atoms. The number of likely N-dealkylation sites (tertiary alicyclic amines) is 1. The van der Waals surface area contributed by atoms with Crippen molar-refractivity contribution in [1.82, 2.24) is 9.88 Å². The molecule has 1 saturated heterocycles. The topological polar surface area (TPSA) is 19.4 Å². The highest BCUT2D eigenvalue weighted by atomic mass is 15.2. The van der Waals surface area contributed by atoms with Crippen LogP contribution in [-0.4, -0.2) is 30.5 Å². The van der Waals surface area contributed by atoms with Gasteiger partial charge in [-0.25, -0.2) is 4.98 Å². The third-order valence-electron chi connectivity index (χ3n) is 4.21. The Morgan fingerprint density at radius 3 is 2.62 bits per heavy atom. The second kappa shape index (κ2) is 6.27. The second-order valence-corrected chi connectivity index (χ2v) is 5.96. The molecule has 0 saturated carbocycles. The van der Waals surface area contributed by atoms with Crippen molar-refractivity contribution in [3.05, 3.63) is 59.8 Å². The molecule has 1 fully saturated rings. The molecule has 2 aromatic rings. The van der Waals surface area contributed by atoms with Gasteiger partial charge in [-0.05, 0) is 36.6 Å². The Balaban J connectivity index is 1.74. The van der Waals surface area contributed by atoms with Crippen LogP contribution in [0.25, 0.3) is 0 Å². The number of anilines is 1. The lowest BCUT2D eigenvalue weighted by atomic mass is 10.1. The zero-order valence-electron chi connectivity index (χ0n) is 12.9. The Kier molecular flexibility index (Phi) is 4.20. The zero-order chi connectivity index (χ0) is 14.7. The molecular formula is C18H23N3. The van der Waals surface area contributed by atoms with Crippen molar-refractivity contribution >= 4 is 5.82 Å². The highest BCUT2D eigenvalue weighted by Gasteiger charge is 2.26. The summed E-state index contributed by atoms with van der Waals surface area (Å²) >= 11 is 0. The molecule has 0 radical (unpaired) electrons. The van der Waals surface area contributed by atoms with Gasteiger partial charge in [0.1, 0.15) is 5.82 Å². The van der Waals surface area contributed by atoms with E-state index in [1.54, 1.807) is 0 Å². The SMILES string of the molecule is CN(C)c1ccc([C@H]2CCCN2Cc2ccccc2)cn1. The molecule has 0 unspecified atom stereocenters. The minimum Gasteiger partial charge on any atom is -0.363 e. The first kappa shape index (κ1) is 14.1. The summed E-state index contributed by atoms with van der Waals surface area (Å²) in [5.41, 5.74) is 2.73. The summed E-state index contributed by atoms with van der Waals surface area (Å²) in [4.78, 5) is 9.18. The number of hydrogen-bond donors (Lipinski definition) is 0. The van der Waals surface area contributed by atoms with Gasteiger partial charge >= 0.3 is 0 Å². The first-order valence-electron chi connectivity index (χ1n) is 7.65. The fraction of sp³-hybridized carbons (Fsp3) is 0.389. The predicted molar refractivity (Wildman–Crippen MR) is 87.4 cm³/mol. The van der Waals surface area contributed by atoms with Gasteiger partial charge in [-0.15, -0.1) is 0 Å². The van der Waals surface area contributed by atoms with Crippen molar-refractivity contribution in [3.8, 4) is 0 Å². The number of nitrogens with zero attached hydrogens (tertiary/aromatic N) is 3. The van der Waals surface area contributed by atoms with Crippen LogP contribution in [0.15, 0.2) is 48.7 Å². The summed E-state index contributed by atoms with van der Waals surface area (Å²) in [6.45, 7) is 2.20. The first-order chi connectivity index (χ1) is 10.2. The number of pyridine rings is 1. The van der Waals surface area contributed by atoms with Crippen LogP contribution in [0.1, 0.15) is 30.0 Å². The average Bonchev–Trinajstić information content (AvgIpc) is 2.96. The average molecular weight is 281 g/mol. The van der Waals surface area contributed by atoms with Crippen LogP contribution in [0.3, 0.4) is 0 Å². The Hall–Kier alpha value is -1.87. The van der Waals surface area contributed by atoms with Gasteiger partial charge in [0.25, 0.3) is 0 Å². The maximum atomic E-state index is 4.56. The Morgan fingerprint density at radius 1 is 1.14 bits per heavy atom. The van der Waals surface area contributed by atoms with Gasteiger partial charge in [-0.3, -0.25) is 4.90 Å². The molecule has 1 atom stereocenters. The summed E-state index contributed by atoms with van der Waals surface area (Å²) in [6, 6.07) is 15.6. The predicted octanol–water partition coefficient (Wildman–Crippen LogP) is 3.48. The molecule has 110 valence electrons. The van der Waals surface area contributed by atoms with Crippen LogP contribution in [0, 0.1) is 0 Å². The van der Waals surface area contributed by atoms with E-state index in [0.29, 0.717) is 6.04 Å². The Bertz CT molecular complexity index is 563. The lowest BCUT2D eigenvalue weighted by Gasteiger charge is -2.25. The van der Waals surface area contributed by atoms with Gasteiger partial charge in [0.05, 0.1) is 0 Å². The van der Waals surface area contributed by atoms with Gasteiger partial charge in [-0.1, -0.05) is 36.4 Å². The van der Waals surface area contributed by atoms with Crippen molar-refractivity contribution < 1.29 is 0 Å². The van der Waals surface area contributed by atoms with E-state index in [4.69, 9.17) is 0 Å². The van der Waals surface area contributed by atoms with Gasteiger partial charge in [0.2, 0.25) is 0 Å². The van der Waals surface area contributed by atoms with Crippen molar-refractivity contribution in [2.24, 2.45) is 0 Å². The second-order valence-electron chi connectivity index (χ2n) is 5.96. The highest BCUT2D eigenvalue weighted by Crippen LogP contribution is 2.33. The van der Waals surface area contributed by atoms with Crippen molar-refractivity contribution in [3.63, 3.8) is 0 Å². The number of hydrogen-bond acceptors (Lipinski definition) is 3. The molecule has 0 spiro atoms. The third-order valence-corrected chi connectivity index (χ3v) is 4.21. The van der Waals surface area contributed by atoms with E-state index >= 15 is 0 Å². The van der Waals surface area contributed by atoms with Crippen molar-refractivity contribution in [1.29, 1.82) is 0 Å². The largest absolute Gasteiger partial charge is 0.363 e. The molecule has 1 aliphatic heterocycles. The van der Waals surface area contributed by atoms with E-state index < -0.39 is 0 Å². The monoisotopic (exact) mass is 281 g/mol. The van der Waals surface area contributed by atoms with Crippen LogP contribution >= 0.6 is 0 Å². The lowest BCUT2D eigenvalue weighted by molar-refractivity contribution is 0.248. The van der Waals surface area contributed by atoms with Crippen LogP contribution in [0.5, 0.6) is 0 Å².